The van der Waals surface area contributed by atoms with Gasteiger partial charge in [0.2, 0.25) is 0 Å². The zero-order chi connectivity index (χ0) is 17.2. The number of anilines is 1. The summed E-state index contributed by atoms with van der Waals surface area (Å²) in [5.41, 5.74) is 4.05. The molecule has 0 unspecified atom stereocenters. The number of aromatic amines is 1. The molecule has 0 aliphatic heterocycles. The van der Waals surface area contributed by atoms with Crippen LogP contribution in [-0.4, -0.2) is 29.9 Å². The molecule has 7 nitrogen and oxygen atoms in total. The van der Waals surface area contributed by atoms with Crippen LogP contribution in [0.3, 0.4) is 0 Å². The van der Waals surface area contributed by atoms with E-state index < -0.39 is 0 Å². The van der Waals surface area contributed by atoms with Gasteiger partial charge in [0, 0.05) is 35.4 Å². The van der Waals surface area contributed by atoms with Crippen molar-refractivity contribution in [2.24, 2.45) is 0 Å². The van der Waals surface area contributed by atoms with Crippen LogP contribution in [0, 0.1) is 0 Å². The number of pyridine rings is 1. The van der Waals surface area contributed by atoms with Gasteiger partial charge in [-0.3, -0.25) is 5.10 Å². The lowest BCUT2D eigenvalue weighted by molar-refractivity contribution is 0.546. The Morgan fingerprint density at radius 3 is 2.88 bits per heavy atom. The van der Waals surface area contributed by atoms with E-state index in [-0.39, 0.29) is 0 Å². The zero-order valence-corrected chi connectivity index (χ0v) is 14.1. The number of nitrogens with one attached hydrogen (secondary N) is 2. The van der Waals surface area contributed by atoms with E-state index >= 15 is 0 Å². The summed E-state index contributed by atoms with van der Waals surface area (Å²) in [4.78, 5) is 8.75. The average Bonchev–Trinajstić information content (AvgIpc) is 3.29. The fraction of sp³-hybridized carbons (Fsp3) is 0.222. The first-order valence-corrected chi connectivity index (χ1v) is 8.22. The molecular formula is C18H19N7. The summed E-state index contributed by atoms with van der Waals surface area (Å²) >= 11 is 0. The highest BCUT2D eigenvalue weighted by molar-refractivity contribution is 5.75. The molecule has 3 heterocycles. The Morgan fingerprint density at radius 2 is 2.08 bits per heavy atom. The second-order valence-corrected chi connectivity index (χ2v) is 6.21. The molecule has 0 spiro atoms. The highest BCUT2D eigenvalue weighted by Gasteiger charge is 2.08. The minimum atomic E-state index is 0.299. The van der Waals surface area contributed by atoms with Crippen molar-refractivity contribution in [3.8, 4) is 11.4 Å². The molecule has 1 aromatic carbocycles. The van der Waals surface area contributed by atoms with E-state index in [0.717, 1.165) is 33.7 Å². The Bertz CT molecular complexity index is 986. The summed E-state index contributed by atoms with van der Waals surface area (Å²) in [6, 6.07) is 10.5. The zero-order valence-electron chi connectivity index (χ0n) is 14.1. The summed E-state index contributed by atoms with van der Waals surface area (Å²) in [6.07, 6.45) is 5.28. The van der Waals surface area contributed by atoms with Gasteiger partial charge in [0.15, 0.2) is 11.5 Å². The maximum atomic E-state index is 4.57. The minimum absolute atomic E-state index is 0.299. The number of benzene rings is 1. The molecule has 0 fully saturated rings. The highest BCUT2D eigenvalue weighted by atomic mass is 15.3. The van der Waals surface area contributed by atoms with Crippen LogP contribution in [0.4, 0.5) is 5.69 Å². The molecule has 0 aliphatic carbocycles. The molecule has 126 valence electrons. The van der Waals surface area contributed by atoms with E-state index in [4.69, 9.17) is 0 Å². The summed E-state index contributed by atoms with van der Waals surface area (Å²) in [6.45, 7) is 4.89. The van der Waals surface area contributed by atoms with Gasteiger partial charge in [0.05, 0.1) is 6.20 Å². The third-order valence-corrected chi connectivity index (χ3v) is 4.03. The predicted molar refractivity (Wildman–Crippen MR) is 97.1 cm³/mol. The van der Waals surface area contributed by atoms with Crippen molar-refractivity contribution < 1.29 is 0 Å². The van der Waals surface area contributed by atoms with Crippen molar-refractivity contribution in [2.45, 2.75) is 26.4 Å². The van der Waals surface area contributed by atoms with E-state index in [2.05, 4.69) is 50.5 Å². The summed E-state index contributed by atoms with van der Waals surface area (Å²) in [7, 11) is 0. The number of nitrogens with zero attached hydrogens (tertiary/aromatic N) is 5. The Balaban J connectivity index is 1.52. The van der Waals surface area contributed by atoms with E-state index in [9.17, 15) is 0 Å². The van der Waals surface area contributed by atoms with Crippen LogP contribution in [0.15, 0.2) is 49.1 Å². The lowest BCUT2D eigenvalue weighted by Gasteiger charge is -2.09. The van der Waals surface area contributed by atoms with E-state index in [1.54, 1.807) is 0 Å². The largest absolute Gasteiger partial charge is 0.381 e. The molecule has 7 heteroatoms. The van der Waals surface area contributed by atoms with Crippen molar-refractivity contribution in [3.05, 3.63) is 54.6 Å². The first kappa shape index (κ1) is 15.3. The van der Waals surface area contributed by atoms with Crippen LogP contribution in [0.25, 0.3) is 22.4 Å². The third-order valence-electron chi connectivity index (χ3n) is 4.03. The number of H-pyrrole nitrogens is 1. The molecule has 0 aliphatic rings. The van der Waals surface area contributed by atoms with Crippen molar-refractivity contribution in [1.29, 1.82) is 0 Å². The molecule has 25 heavy (non-hydrogen) atoms. The van der Waals surface area contributed by atoms with Crippen LogP contribution >= 0.6 is 0 Å². The maximum absolute atomic E-state index is 4.57. The number of rotatable bonds is 5. The van der Waals surface area contributed by atoms with Crippen molar-refractivity contribution >= 4 is 16.7 Å². The molecule has 0 saturated heterocycles. The lowest BCUT2D eigenvalue weighted by atomic mass is 10.2. The molecule has 0 bridgehead atoms. The molecule has 0 amide bonds. The topological polar surface area (TPSA) is 84.3 Å². The lowest BCUT2D eigenvalue weighted by Crippen LogP contribution is -2.04. The van der Waals surface area contributed by atoms with Gasteiger partial charge in [0.1, 0.15) is 6.33 Å². The molecule has 4 aromatic rings. The maximum Gasteiger partial charge on any atom is 0.157 e. The summed E-state index contributed by atoms with van der Waals surface area (Å²) in [5, 5.41) is 15.7. The standard InChI is InChI=1S/C18H19N7/c1-12(2)25-18-15(10-23-25)6-13(9-20-18)8-19-16-5-3-4-14(7-16)17-21-11-22-24-17/h3-7,9-12,19H,8H2,1-2H3,(H,21,22,24). The van der Waals surface area contributed by atoms with Gasteiger partial charge < -0.3 is 5.32 Å². The quantitative estimate of drug-likeness (QED) is 0.585. The molecule has 0 radical (unpaired) electrons. The number of fused-ring (bicyclic) bond motifs is 1. The van der Waals surface area contributed by atoms with Gasteiger partial charge in [-0.05, 0) is 37.6 Å². The van der Waals surface area contributed by atoms with Crippen molar-refractivity contribution in [1.82, 2.24) is 29.9 Å². The molecule has 2 N–H and O–H groups in total. The Labute approximate surface area is 145 Å². The Morgan fingerprint density at radius 1 is 1.16 bits per heavy atom. The third kappa shape index (κ3) is 3.08. The van der Waals surface area contributed by atoms with E-state index in [1.165, 1.54) is 6.33 Å². The number of hydrogen-bond acceptors (Lipinski definition) is 5. The summed E-state index contributed by atoms with van der Waals surface area (Å²) < 4.78 is 1.94. The average molecular weight is 333 g/mol. The smallest absolute Gasteiger partial charge is 0.157 e. The Hall–Kier alpha value is -3.22. The predicted octanol–water partition coefficient (Wildman–Crippen LogP) is 3.41. The van der Waals surface area contributed by atoms with Gasteiger partial charge in [-0.1, -0.05) is 12.1 Å². The fourth-order valence-corrected chi connectivity index (χ4v) is 2.79. The van der Waals surface area contributed by atoms with Gasteiger partial charge in [0.25, 0.3) is 0 Å². The van der Waals surface area contributed by atoms with Gasteiger partial charge in [-0.25, -0.2) is 14.6 Å². The van der Waals surface area contributed by atoms with Crippen LogP contribution in [-0.2, 0) is 6.54 Å². The molecular weight excluding hydrogens is 314 g/mol. The van der Waals surface area contributed by atoms with Crippen LogP contribution < -0.4 is 5.32 Å². The molecule has 3 aromatic heterocycles. The van der Waals surface area contributed by atoms with E-state index in [0.29, 0.717) is 12.6 Å². The van der Waals surface area contributed by atoms with Crippen molar-refractivity contribution in [2.75, 3.05) is 5.32 Å². The SMILES string of the molecule is CC(C)n1ncc2cc(CNc3cccc(-c4ncn[nH]4)c3)cnc21. The molecule has 0 atom stereocenters. The molecule has 0 saturated carbocycles. The van der Waals surface area contributed by atoms with Gasteiger partial charge in [-0.15, -0.1) is 0 Å². The second-order valence-electron chi connectivity index (χ2n) is 6.21. The van der Waals surface area contributed by atoms with Gasteiger partial charge >= 0.3 is 0 Å². The first-order valence-electron chi connectivity index (χ1n) is 8.22. The van der Waals surface area contributed by atoms with Crippen LogP contribution in [0.1, 0.15) is 25.5 Å². The van der Waals surface area contributed by atoms with Crippen LogP contribution in [0.5, 0.6) is 0 Å². The minimum Gasteiger partial charge on any atom is -0.381 e. The second kappa shape index (κ2) is 6.35. The fourth-order valence-electron chi connectivity index (χ4n) is 2.79. The van der Waals surface area contributed by atoms with Gasteiger partial charge in [-0.2, -0.15) is 10.2 Å². The van der Waals surface area contributed by atoms with Crippen molar-refractivity contribution in [3.63, 3.8) is 0 Å². The monoisotopic (exact) mass is 333 g/mol. The number of aromatic nitrogens is 6. The van der Waals surface area contributed by atoms with Crippen LogP contribution in [0.2, 0.25) is 0 Å². The summed E-state index contributed by atoms with van der Waals surface area (Å²) in [5.74, 6) is 0.757. The Kier molecular flexibility index (Phi) is 3.89. The first-order chi connectivity index (χ1) is 12.2. The molecule has 4 rings (SSSR count). The number of hydrogen-bond donors (Lipinski definition) is 2. The highest BCUT2D eigenvalue weighted by Crippen LogP contribution is 2.20. The van der Waals surface area contributed by atoms with E-state index in [1.807, 2.05) is 41.3 Å². The normalized spacial score (nSPS) is 11.3.